The lowest BCUT2D eigenvalue weighted by molar-refractivity contribution is -0.131. The number of terminal acetylenes is 1. The van der Waals surface area contributed by atoms with Crippen LogP contribution in [0.4, 0.5) is 0 Å². The maximum Gasteiger partial charge on any atom is 0.335 e. The SMILES string of the molecule is C#C[C@H]1CC[C@@H](C#N)N1C(=O)CN[C@H]1CC[C@H](Oc2ccc(C(=O)O)cc2)CC1. The van der Waals surface area contributed by atoms with Crippen molar-refractivity contribution < 1.29 is 19.4 Å². The van der Waals surface area contributed by atoms with E-state index in [-0.39, 0.29) is 36.2 Å². The fraction of sp³-hybridized carbons (Fsp3) is 0.500. The number of carbonyl (C=O) groups excluding carboxylic acids is 1. The normalized spacial score (nSPS) is 26.3. The van der Waals surface area contributed by atoms with Crippen molar-refractivity contribution in [2.75, 3.05) is 6.54 Å². The van der Waals surface area contributed by atoms with E-state index in [0.717, 1.165) is 25.7 Å². The number of carbonyl (C=O) groups is 2. The standard InChI is InChI=1S/C22H25N3O4/c1-2-17-7-8-18(13-23)25(17)21(26)14-24-16-5-11-20(12-6-16)29-19-9-3-15(4-10-19)22(27)28/h1,3-4,9-10,16-18,20,24H,5-8,11-12,14H2,(H,27,28)/t16-,17-,18-,20-/m0/s1. The van der Waals surface area contributed by atoms with E-state index in [4.69, 9.17) is 16.3 Å². The number of carboxylic acids is 1. The number of rotatable bonds is 6. The second kappa shape index (κ2) is 9.45. The van der Waals surface area contributed by atoms with E-state index in [1.807, 2.05) is 0 Å². The second-order valence-corrected chi connectivity index (χ2v) is 7.51. The minimum Gasteiger partial charge on any atom is -0.490 e. The van der Waals surface area contributed by atoms with Gasteiger partial charge in [-0.3, -0.25) is 4.79 Å². The molecule has 2 aliphatic rings. The topological polar surface area (TPSA) is 103 Å². The highest BCUT2D eigenvalue weighted by molar-refractivity contribution is 5.87. The van der Waals surface area contributed by atoms with Gasteiger partial charge in [-0.05, 0) is 62.8 Å². The van der Waals surface area contributed by atoms with Crippen LogP contribution in [0.3, 0.4) is 0 Å². The summed E-state index contributed by atoms with van der Waals surface area (Å²) in [6.07, 6.45) is 10.4. The highest BCUT2D eigenvalue weighted by atomic mass is 16.5. The molecule has 0 spiro atoms. The smallest absolute Gasteiger partial charge is 0.335 e. The van der Waals surface area contributed by atoms with Crippen molar-refractivity contribution in [1.82, 2.24) is 10.2 Å². The summed E-state index contributed by atoms with van der Waals surface area (Å²) in [7, 11) is 0. The van der Waals surface area contributed by atoms with Gasteiger partial charge < -0.3 is 20.1 Å². The van der Waals surface area contributed by atoms with Gasteiger partial charge in [0.1, 0.15) is 11.8 Å². The summed E-state index contributed by atoms with van der Waals surface area (Å²) in [5.41, 5.74) is 0.235. The zero-order valence-corrected chi connectivity index (χ0v) is 16.2. The first-order valence-electron chi connectivity index (χ1n) is 9.92. The lowest BCUT2D eigenvalue weighted by Gasteiger charge is -2.30. The molecule has 1 saturated carbocycles. The third-order valence-corrected chi connectivity index (χ3v) is 5.63. The summed E-state index contributed by atoms with van der Waals surface area (Å²) in [4.78, 5) is 25.0. The van der Waals surface area contributed by atoms with Crippen LogP contribution in [0.25, 0.3) is 0 Å². The number of benzene rings is 1. The van der Waals surface area contributed by atoms with Crippen molar-refractivity contribution in [2.24, 2.45) is 0 Å². The number of nitrogens with zero attached hydrogens (tertiary/aromatic N) is 2. The molecule has 1 heterocycles. The molecule has 1 aromatic carbocycles. The van der Waals surface area contributed by atoms with Crippen LogP contribution >= 0.6 is 0 Å². The van der Waals surface area contributed by atoms with Gasteiger partial charge in [0.05, 0.1) is 30.3 Å². The minimum atomic E-state index is -0.957. The van der Waals surface area contributed by atoms with Crippen molar-refractivity contribution in [3.63, 3.8) is 0 Å². The van der Waals surface area contributed by atoms with Crippen LogP contribution in [0.5, 0.6) is 5.75 Å². The largest absolute Gasteiger partial charge is 0.490 e. The van der Waals surface area contributed by atoms with Crippen molar-refractivity contribution in [3.8, 4) is 24.2 Å². The molecule has 0 unspecified atom stereocenters. The van der Waals surface area contributed by atoms with Gasteiger partial charge in [0.25, 0.3) is 0 Å². The van der Waals surface area contributed by atoms with E-state index < -0.39 is 12.0 Å². The molecule has 7 heteroatoms. The molecule has 0 aromatic heterocycles. The van der Waals surface area contributed by atoms with Gasteiger partial charge in [-0.1, -0.05) is 5.92 Å². The van der Waals surface area contributed by atoms with E-state index in [2.05, 4.69) is 17.3 Å². The van der Waals surface area contributed by atoms with Crippen LogP contribution in [0.2, 0.25) is 0 Å². The van der Waals surface area contributed by atoms with E-state index in [1.54, 1.807) is 17.0 Å². The third kappa shape index (κ3) is 5.07. The molecule has 3 rings (SSSR count). The van der Waals surface area contributed by atoms with E-state index in [1.165, 1.54) is 12.1 Å². The zero-order chi connectivity index (χ0) is 20.8. The maximum atomic E-state index is 12.6. The molecule has 1 amide bonds. The predicted octanol–water partition coefficient (Wildman–Crippen LogP) is 2.18. The number of likely N-dealkylation sites (tertiary alicyclic amines) is 1. The molecule has 0 bridgehead atoms. The average molecular weight is 395 g/mol. The quantitative estimate of drug-likeness (QED) is 0.716. The highest BCUT2D eigenvalue weighted by Crippen LogP contribution is 2.25. The predicted molar refractivity (Wildman–Crippen MR) is 106 cm³/mol. The molecule has 1 aliphatic carbocycles. The molecule has 1 aromatic rings. The third-order valence-electron chi connectivity index (χ3n) is 5.63. The van der Waals surface area contributed by atoms with Gasteiger partial charge >= 0.3 is 5.97 Å². The number of ether oxygens (including phenoxy) is 1. The summed E-state index contributed by atoms with van der Waals surface area (Å²) >= 11 is 0. The molecule has 152 valence electrons. The Kier molecular flexibility index (Phi) is 6.74. The Labute approximate surface area is 170 Å². The monoisotopic (exact) mass is 395 g/mol. The summed E-state index contributed by atoms with van der Waals surface area (Å²) in [6.45, 7) is 0.184. The molecule has 0 radical (unpaired) electrons. The number of aromatic carboxylic acids is 1. The summed E-state index contributed by atoms with van der Waals surface area (Å²) in [6, 6.07) is 8.10. The van der Waals surface area contributed by atoms with Gasteiger partial charge in [0, 0.05) is 6.04 Å². The Bertz CT molecular complexity index is 794. The van der Waals surface area contributed by atoms with Crippen LogP contribution in [-0.2, 0) is 4.79 Å². The minimum absolute atomic E-state index is 0.0757. The van der Waals surface area contributed by atoms with Gasteiger partial charge in [-0.15, -0.1) is 6.42 Å². The Morgan fingerprint density at radius 3 is 2.38 bits per heavy atom. The molecule has 1 aliphatic heterocycles. The fourth-order valence-corrected chi connectivity index (χ4v) is 4.03. The van der Waals surface area contributed by atoms with Gasteiger partial charge in [0.15, 0.2) is 0 Å². The summed E-state index contributed by atoms with van der Waals surface area (Å²) in [5.74, 6) is 2.20. The summed E-state index contributed by atoms with van der Waals surface area (Å²) in [5, 5.41) is 21.5. The Morgan fingerprint density at radius 2 is 1.79 bits per heavy atom. The van der Waals surface area contributed by atoms with Crippen LogP contribution < -0.4 is 10.1 Å². The van der Waals surface area contributed by atoms with E-state index >= 15 is 0 Å². The Hall–Kier alpha value is -3.03. The first-order valence-corrected chi connectivity index (χ1v) is 9.92. The van der Waals surface area contributed by atoms with Gasteiger partial charge in [-0.2, -0.15) is 5.26 Å². The Balaban J connectivity index is 1.43. The van der Waals surface area contributed by atoms with Gasteiger partial charge in [-0.25, -0.2) is 4.79 Å². The molecule has 2 N–H and O–H groups in total. The van der Waals surface area contributed by atoms with Crippen molar-refractivity contribution in [2.45, 2.75) is 62.8 Å². The zero-order valence-electron chi connectivity index (χ0n) is 16.2. The maximum absolute atomic E-state index is 12.6. The second-order valence-electron chi connectivity index (χ2n) is 7.51. The molecule has 7 nitrogen and oxygen atoms in total. The first-order chi connectivity index (χ1) is 14.0. The van der Waals surface area contributed by atoms with Crippen LogP contribution in [0, 0.1) is 23.7 Å². The highest BCUT2D eigenvalue weighted by Gasteiger charge is 2.36. The summed E-state index contributed by atoms with van der Waals surface area (Å²) < 4.78 is 5.95. The number of hydrogen-bond acceptors (Lipinski definition) is 5. The van der Waals surface area contributed by atoms with E-state index in [0.29, 0.717) is 18.6 Å². The lowest BCUT2D eigenvalue weighted by Crippen LogP contribution is -2.47. The average Bonchev–Trinajstić information content (AvgIpc) is 3.16. The van der Waals surface area contributed by atoms with Gasteiger partial charge in [0.2, 0.25) is 5.91 Å². The van der Waals surface area contributed by atoms with Crippen molar-refractivity contribution >= 4 is 11.9 Å². The van der Waals surface area contributed by atoms with Crippen molar-refractivity contribution in [1.29, 1.82) is 5.26 Å². The number of hydrogen-bond donors (Lipinski definition) is 2. The van der Waals surface area contributed by atoms with Crippen LogP contribution in [0.15, 0.2) is 24.3 Å². The fourth-order valence-electron chi connectivity index (χ4n) is 4.03. The lowest BCUT2D eigenvalue weighted by atomic mass is 9.93. The number of nitriles is 1. The first kappa shape index (κ1) is 20.7. The Morgan fingerprint density at radius 1 is 1.14 bits per heavy atom. The molecular weight excluding hydrogens is 370 g/mol. The van der Waals surface area contributed by atoms with E-state index in [9.17, 15) is 14.9 Å². The molecule has 2 atom stereocenters. The molecule has 1 saturated heterocycles. The molecular formula is C22H25N3O4. The van der Waals surface area contributed by atoms with Crippen LogP contribution in [-0.4, -0.2) is 52.7 Å². The number of carboxylic acid groups (broad SMARTS) is 1. The molecule has 29 heavy (non-hydrogen) atoms. The van der Waals surface area contributed by atoms with Crippen LogP contribution in [0.1, 0.15) is 48.9 Å². The number of amides is 1. The molecule has 2 fully saturated rings. The number of nitrogens with one attached hydrogen (secondary N) is 1. The van der Waals surface area contributed by atoms with Crippen molar-refractivity contribution in [3.05, 3.63) is 29.8 Å².